The van der Waals surface area contributed by atoms with E-state index in [2.05, 4.69) is 5.32 Å². The Morgan fingerprint density at radius 2 is 1.89 bits per heavy atom. The van der Waals surface area contributed by atoms with Crippen LogP contribution in [0.25, 0.3) is 0 Å². The highest BCUT2D eigenvalue weighted by Crippen LogP contribution is 2.30. The standard InChI is InChI=1S/C14H13ClN2O2/c1-10(11-5-3-2-4-6-11)16-13-9-12(15)7-8-14(13)17(18)19/h2-10,16H,1H3. The van der Waals surface area contributed by atoms with Crippen molar-refractivity contribution in [3.05, 3.63) is 69.2 Å². The molecule has 0 aliphatic heterocycles. The van der Waals surface area contributed by atoms with Crippen molar-refractivity contribution in [1.29, 1.82) is 0 Å². The lowest BCUT2D eigenvalue weighted by molar-refractivity contribution is -0.384. The van der Waals surface area contributed by atoms with Gasteiger partial charge in [-0.3, -0.25) is 10.1 Å². The molecule has 0 bridgehead atoms. The summed E-state index contributed by atoms with van der Waals surface area (Å²) in [5, 5.41) is 14.6. The van der Waals surface area contributed by atoms with Crippen LogP contribution in [0, 0.1) is 10.1 Å². The van der Waals surface area contributed by atoms with E-state index in [1.165, 1.54) is 12.1 Å². The summed E-state index contributed by atoms with van der Waals surface area (Å²) in [5.74, 6) is 0. The number of benzene rings is 2. The van der Waals surface area contributed by atoms with Gasteiger partial charge in [-0.25, -0.2) is 0 Å². The Balaban J connectivity index is 2.28. The van der Waals surface area contributed by atoms with Crippen molar-refractivity contribution >= 4 is 23.0 Å². The molecule has 19 heavy (non-hydrogen) atoms. The van der Waals surface area contributed by atoms with Crippen molar-refractivity contribution in [2.75, 3.05) is 5.32 Å². The van der Waals surface area contributed by atoms with Crippen LogP contribution in [-0.4, -0.2) is 4.92 Å². The largest absolute Gasteiger partial charge is 0.373 e. The Labute approximate surface area is 116 Å². The molecule has 0 fully saturated rings. The molecule has 0 aliphatic carbocycles. The third-order valence-electron chi connectivity index (χ3n) is 2.83. The van der Waals surface area contributed by atoms with E-state index >= 15 is 0 Å². The Morgan fingerprint density at radius 3 is 2.53 bits per heavy atom. The van der Waals surface area contributed by atoms with Gasteiger partial charge in [0.1, 0.15) is 5.69 Å². The first-order chi connectivity index (χ1) is 9.08. The maximum Gasteiger partial charge on any atom is 0.292 e. The van der Waals surface area contributed by atoms with Crippen LogP contribution in [0.15, 0.2) is 48.5 Å². The molecule has 2 aromatic rings. The van der Waals surface area contributed by atoms with Crippen molar-refractivity contribution in [3.8, 4) is 0 Å². The highest BCUT2D eigenvalue weighted by Gasteiger charge is 2.16. The first-order valence-corrected chi connectivity index (χ1v) is 6.21. The molecule has 1 atom stereocenters. The highest BCUT2D eigenvalue weighted by atomic mass is 35.5. The van der Waals surface area contributed by atoms with E-state index < -0.39 is 4.92 Å². The zero-order valence-electron chi connectivity index (χ0n) is 10.3. The topological polar surface area (TPSA) is 55.2 Å². The summed E-state index contributed by atoms with van der Waals surface area (Å²) < 4.78 is 0. The number of nitro groups is 1. The average molecular weight is 277 g/mol. The number of anilines is 1. The monoisotopic (exact) mass is 276 g/mol. The summed E-state index contributed by atoms with van der Waals surface area (Å²) in [4.78, 5) is 10.6. The number of hydrogen-bond donors (Lipinski definition) is 1. The van der Waals surface area contributed by atoms with Gasteiger partial charge in [-0.1, -0.05) is 41.9 Å². The number of hydrogen-bond acceptors (Lipinski definition) is 3. The SMILES string of the molecule is CC(Nc1cc(Cl)ccc1[N+](=O)[O-])c1ccccc1. The Hall–Kier alpha value is -2.07. The molecule has 0 radical (unpaired) electrons. The maximum atomic E-state index is 11.0. The van der Waals surface area contributed by atoms with Gasteiger partial charge in [0.25, 0.3) is 5.69 Å². The van der Waals surface area contributed by atoms with E-state index in [0.29, 0.717) is 10.7 Å². The van der Waals surface area contributed by atoms with Crippen LogP contribution < -0.4 is 5.32 Å². The molecule has 98 valence electrons. The molecule has 0 heterocycles. The number of nitro benzene ring substituents is 1. The molecule has 2 rings (SSSR count). The van der Waals surface area contributed by atoms with Crippen LogP contribution in [0.1, 0.15) is 18.5 Å². The molecule has 0 amide bonds. The molecule has 5 heteroatoms. The van der Waals surface area contributed by atoms with Gasteiger partial charge < -0.3 is 5.32 Å². The number of rotatable bonds is 4. The fourth-order valence-electron chi connectivity index (χ4n) is 1.84. The Bertz CT molecular complexity index is 587. The maximum absolute atomic E-state index is 11.0. The van der Waals surface area contributed by atoms with Crippen molar-refractivity contribution < 1.29 is 4.92 Å². The van der Waals surface area contributed by atoms with E-state index in [1.54, 1.807) is 6.07 Å². The van der Waals surface area contributed by atoms with Crippen molar-refractivity contribution in [3.63, 3.8) is 0 Å². The number of halogens is 1. The van der Waals surface area contributed by atoms with E-state index in [9.17, 15) is 10.1 Å². The fraction of sp³-hybridized carbons (Fsp3) is 0.143. The average Bonchev–Trinajstić information content (AvgIpc) is 2.39. The van der Waals surface area contributed by atoms with Gasteiger partial charge in [0.15, 0.2) is 0 Å². The number of nitrogens with one attached hydrogen (secondary N) is 1. The molecule has 0 spiro atoms. The van der Waals surface area contributed by atoms with E-state index in [-0.39, 0.29) is 11.7 Å². The third-order valence-corrected chi connectivity index (χ3v) is 3.06. The minimum atomic E-state index is -0.420. The Kier molecular flexibility index (Phi) is 4.02. The van der Waals surface area contributed by atoms with Crippen LogP contribution in [0.4, 0.5) is 11.4 Å². The van der Waals surface area contributed by atoms with E-state index in [0.717, 1.165) is 5.56 Å². The molecule has 0 aromatic heterocycles. The molecule has 0 aliphatic rings. The summed E-state index contributed by atoms with van der Waals surface area (Å²) in [6.07, 6.45) is 0. The zero-order valence-corrected chi connectivity index (χ0v) is 11.1. The number of nitrogens with zero attached hydrogens (tertiary/aromatic N) is 1. The van der Waals surface area contributed by atoms with Gasteiger partial charge in [-0.15, -0.1) is 0 Å². The normalized spacial score (nSPS) is 11.9. The van der Waals surface area contributed by atoms with Gasteiger partial charge in [0.05, 0.1) is 4.92 Å². The molecule has 4 nitrogen and oxygen atoms in total. The summed E-state index contributed by atoms with van der Waals surface area (Å²) in [6, 6.07) is 14.2. The summed E-state index contributed by atoms with van der Waals surface area (Å²) in [6.45, 7) is 1.94. The van der Waals surface area contributed by atoms with Crippen molar-refractivity contribution in [1.82, 2.24) is 0 Å². The molecular weight excluding hydrogens is 264 g/mol. The van der Waals surface area contributed by atoms with Crippen molar-refractivity contribution in [2.24, 2.45) is 0 Å². The molecule has 1 N–H and O–H groups in total. The highest BCUT2D eigenvalue weighted by molar-refractivity contribution is 6.31. The minimum Gasteiger partial charge on any atom is -0.373 e. The lowest BCUT2D eigenvalue weighted by atomic mass is 10.1. The lowest BCUT2D eigenvalue weighted by Crippen LogP contribution is -2.08. The van der Waals surface area contributed by atoms with Crippen molar-refractivity contribution in [2.45, 2.75) is 13.0 Å². The molecule has 2 aromatic carbocycles. The third kappa shape index (κ3) is 3.23. The smallest absolute Gasteiger partial charge is 0.292 e. The van der Waals surface area contributed by atoms with E-state index in [4.69, 9.17) is 11.6 Å². The summed E-state index contributed by atoms with van der Waals surface area (Å²) in [5.41, 5.74) is 1.50. The predicted molar refractivity (Wildman–Crippen MR) is 76.6 cm³/mol. The molecular formula is C14H13ClN2O2. The Morgan fingerprint density at radius 1 is 1.21 bits per heavy atom. The molecule has 0 saturated heterocycles. The predicted octanol–water partition coefficient (Wildman–Crippen LogP) is 4.42. The lowest BCUT2D eigenvalue weighted by Gasteiger charge is -2.15. The first-order valence-electron chi connectivity index (χ1n) is 5.83. The van der Waals surface area contributed by atoms with Crippen LogP contribution in [0.3, 0.4) is 0 Å². The molecule has 0 saturated carbocycles. The summed E-state index contributed by atoms with van der Waals surface area (Å²) >= 11 is 5.89. The summed E-state index contributed by atoms with van der Waals surface area (Å²) in [7, 11) is 0. The van der Waals surface area contributed by atoms with Gasteiger partial charge in [-0.2, -0.15) is 0 Å². The van der Waals surface area contributed by atoms with Crippen LogP contribution in [0.5, 0.6) is 0 Å². The van der Waals surface area contributed by atoms with Crippen LogP contribution in [0.2, 0.25) is 5.02 Å². The first kappa shape index (κ1) is 13.4. The quantitative estimate of drug-likeness (QED) is 0.664. The molecule has 1 unspecified atom stereocenters. The second-order valence-electron chi connectivity index (χ2n) is 4.20. The van der Waals surface area contributed by atoms with Gasteiger partial charge in [0.2, 0.25) is 0 Å². The fourth-order valence-corrected chi connectivity index (χ4v) is 2.01. The van der Waals surface area contributed by atoms with Gasteiger partial charge in [-0.05, 0) is 24.6 Å². The minimum absolute atomic E-state index is 0.0205. The van der Waals surface area contributed by atoms with Crippen LogP contribution >= 0.6 is 11.6 Å². The van der Waals surface area contributed by atoms with Gasteiger partial charge in [0, 0.05) is 17.1 Å². The van der Waals surface area contributed by atoms with E-state index in [1.807, 2.05) is 37.3 Å². The van der Waals surface area contributed by atoms with Crippen LogP contribution in [-0.2, 0) is 0 Å². The second kappa shape index (κ2) is 5.71. The zero-order chi connectivity index (χ0) is 13.8. The van der Waals surface area contributed by atoms with Gasteiger partial charge >= 0.3 is 0 Å². The second-order valence-corrected chi connectivity index (χ2v) is 4.63.